The first kappa shape index (κ1) is 20.2. The predicted molar refractivity (Wildman–Crippen MR) is 97.7 cm³/mol. The second-order valence-electron chi connectivity index (χ2n) is 5.90. The van der Waals surface area contributed by atoms with Gasteiger partial charge in [0.1, 0.15) is 25.8 Å². The van der Waals surface area contributed by atoms with Crippen molar-refractivity contribution in [2.45, 2.75) is 17.9 Å². The van der Waals surface area contributed by atoms with Crippen LogP contribution in [-0.2, 0) is 10.0 Å². The van der Waals surface area contributed by atoms with Gasteiger partial charge in [0.25, 0.3) is 0 Å². The van der Waals surface area contributed by atoms with Crippen LogP contribution >= 0.6 is 0 Å². The first-order chi connectivity index (χ1) is 12.3. The Morgan fingerprint density at radius 3 is 2.54 bits per heavy atom. The summed E-state index contributed by atoms with van der Waals surface area (Å²) in [5.74, 6) is 1.34. The zero-order valence-corrected chi connectivity index (χ0v) is 15.7. The van der Waals surface area contributed by atoms with E-state index in [0.29, 0.717) is 42.3 Å². The molecule has 26 heavy (non-hydrogen) atoms. The van der Waals surface area contributed by atoms with Crippen LogP contribution in [0.15, 0.2) is 47.4 Å². The lowest BCUT2D eigenvalue weighted by molar-refractivity contribution is -0.662. The molecule has 0 bridgehead atoms. The molecule has 8 heteroatoms. The van der Waals surface area contributed by atoms with Crippen molar-refractivity contribution < 1.29 is 28.3 Å². The molecule has 142 valence electrons. The second-order valence-corrected chi connectivity index (χ2v) is 7.43. The maximum atomic E-state index is 11.6. The van der Waals surface area contributed by atoms with Crippen LogP contribution < -0.4 is 19.9 Å². The number of nitrogens with two attached hydrogens (primary N) is 2. The third-order valence-electron chi connectivity index (χ3n) is 3.94. The van der Waals surface area contributed by atoms with Gasteiger partial charge in [-0.15, -0.1) is 0 Å². The number of ether oxygens (including phenoxy) is 2. The Hall–Kier alpha value is -2.13. The monoisotopic (exact) mass is 381 g/mol. The van der Waals surface area contributed by atoms with Crippen molar-refractivity contribution in [2.24, 2.45) is 5.14 Å². The molecule has 5 N–H and O–H groups in total. The van der Waals surface area contributed by atoms with E-state index in [1.807, 2.05) is 29.6 Å². The quantitative estimate of drug-likeness (QED) is 0.541. The van der Waals surface area contributed by atoms with E-state index in [-0.39, 0.29) is 4.90 Å². The average Bonchev–Trinajstić information content (AvgIpc) is 2.61. The van der Waals surface area contributed by atoms with Crippen LogP contribution in [0.3, 0.4) is 0 Å². The SMILES string of the molecule is COc1ccccc1OCC[NH2+]C[C@@H](O)c1ccc(C)c(S(N)(=O)=O)c1. The zero-order valence-electron chi connectivity index (χ0n) is 14.9. The van der Waals surface area contributed by atoms with Gasteiger partial charge in [-0.1, -0.05) is 24.3 Å². The fraction of sp³-hybridized carbons (Fsp3) is 0.333. The minimum absolute atomic E-state index is 0.0357. The highest BCUT2D eigenvalue weighted by molar-refractivity contribution is 7.89. The van der Waals surface area contributed by atoms with E-state index in [0.717, 1.165) is 0 Å². The Morgan fingerprint density at radius 2 is 1.88 bits per heavy atom. The van der Waals surface area contributed by atoms with Gasteiger partial charge < -0.3 is 19.9 Å². The number of hydrogen-bond donors (Lipinski definition) is 3. The van der Waals surface area contributed by atoms with Gasteiger partial charge in [-0.05, 0) is 36.2 Å². The molecule has 0 aromatic heterocycles. The van der Waals surface area contributed by atoms with E-state index < -0.39 is 16.1 Å². The normalized spacial score (nSPS) is 12.6. The molecular formula is C18H25N2O5S+. The van der Waals surface area contributed by atoms with Gasteiger partial charge in [-0.25, -0.2) is 13.6 Å². The largest absolute Gasteiger partial charge is 0.493 e. The summed E-state index contributed by atoms with van der Waals surface area (Å²) in [6.07, 6.45) is -0.803. The molecule has 0 aliphatic carbocycles. The molecule has 0 aliphatic rings. The number of benzene rings is 2. The molecule has 2 rings (SSSR count). The number of primary sulfonamides is 1. The fourth-order valence-corrected chi connectivity index (χ4v) is 3.35. The van der Waals surface area contributed by atoms with E-state index in [2.05, 4.69) is 0 Å². The highest BCUT2D eigenvalue weighted by atomic mass is 32.2. The summed E-state index contributed by atoms with van der Waals surface area (Å²) in [6, 6.07) is 12.2. The zero-order chi connectivity index (χ0) is 19.2. The highest BCUT2D eigenvalue weighted by Crippen LogP contribution is 2.25. The summed E-state index contributed by atoms with van der Waals surface area (Å²) in [6.45, 7) is 3.12. The predicted octanol–water partition coefficient (Wildman–Crippen LogP) is 0.327. The Bertz CT molecular complexity index is 839. The molecule has 0 saturated carbocycles. The molecule has 0 heterocycles. The minimum atomic E-state index is -3.81. The molecule has 0 unspecified atom stereocenters. The van der Waals surface area contributed by atoms with Gasteiger partial charge in [-0.2, -0.15) is 0 Å². The Labute approximate surface area is 153 Å². The molecule has 2 aromatic rings. The molecule has 2 aromatic carbocycles. The van der Waals surface area contributed by atoms with Crippen LogP contribution in [0, 0.1) is 6.92 Å². The topological polar surface area (TPSA) is 115 Å². The van der Waals surface area contributed by atoms with Crippen molar-refractivity contribution in [1.82, 2.24) is 0 Å². The number of hydrogen-bond acceptors (Lipinski definition) is 5. The smallest absolute Gasteiger partial charge is 0.238 e. The van der Waals surface area contributed by atoms with Gasteiger partial charge in [0.05, 0.1) is 12.0 Å². The van der Waals surface area contributed by atoms with Gasteiger partial charge in [0.2, 0.25) is 10.0 Å². The van der Waals surface area contributed by atoms with Crippen LogP contribution in [-0.4, -0.2) is 40.3 Å². The second kappa shape index (κ2) is 9.00. The van der Waals surface area contributed by atoms with Crippen molar-refractivity contribution in [1.29, 1.82) is 0 Å². The number of quaternary nitrogens is 1. The molecule has 0 aliphatic heterocycles. The molecule has 0 fully saturated rings. The lowest BCUT2D eigenvalue weighted by Crippen LogP contribution is -2.86. The third-order valence-corrected chi connectivity index (χ3v) is 4.99. The summed E-state index contributed by atoms with van der Waals surface area (Å²) in [4.78, 5) is 0.0357. The molecule has 0 radical (unpaired) electrons. The van der Waals surface area contributed by atoms with Crippen LogP contribution in [0.25, 0.3) is 0 Å². The summed E-state index contributed by atoms with van der Waals surface area (Å²) >= 11 is 0. The molecule has 1 atom stereocenters. The summed E-state index contributed by atoms with van der Waals surface area (Å²) in [5, 5.41) is 17.4. The van der Waals surface area contributed by atoms with E-state index in [1.54, 1.807) is 26.2 Å². The van der Waals surface area contributed by atoms with Gasteiger partial charge >= 0.3 is 0 Å². The van der Waals surface area contributed by atoms with Gasteiger partial charge in [0, 0.05) is 0 Å². The number of aryl methyl sites for hydroxylation is 1. The van der Waals surface area contributed by atoms with Crippen LogP contribution in [0.2, 0.25) is 0 Å². The standard InChI is InChI=1S/C18H24N2O5S/c1-13-7-8-14(11-18(13)26(19,22)23)15(21)12-20-9-10-25-17-6-4-3-5-16(17)24-2/h3-8,11,15,20-21H,9-10,12H2,1-2H3,(H2,19,22,23)/p+1/t15-/m1/s1. The van der Waals surface area contributed by atoms with E-state index in [1.165, 1.54) is 6.07 Å². The van der Waals surface area contributed by atoms with Crippen molar-refractivity contribution in [2.75, 3.05) is 26.8 Å². The average molecular weight is 381 g/mol. The van der Waals surface area contributed by atoms with Crippen molar-refractivity contribution >= 4 is 10.0 Å². The molecule has 0 spiro atoms. The molecule has 0 saturated heterocycles. The van der Waals surface area contributed by atoms with Crippen LogP contribution in [0.4, 0.5) is 0 Å². The minimum Gasteiger partial charge on any atom is -0.493 e. The van der Waals surface area contributed by atoms with E-state index >= 15 is 0 Å². The molecule has 7 nitrogen and oxygen atoms in total. The number of sulfonamides is 1. The Balaban J connectivity index is 1.85. The van der Waals surface area contributed by atoms with E-state index in [9.17, 15) is 13.5 Å². The van der Waals surface area contributed by atoms with Crippen LogP contribution in [0.1, 0.15) is 17.2 Å². The fourth-order valence-electron chi connectivity index (χ4n) is 2.53. The third kappa shape index (κ3) is 5.43. The number of aliphatic hydroxyl groups excluding tert-OH is 1. The maximum absolute atomic E-state index is 11.6. The molecular weight excluding hydrogens is 356 g/mol. The summed E-state index contributed by atoms with van der Waals surface area (Å²) < 4.78 is 34.0. The number of aliphatic hydroxyl groups is 1. The Kier molecular flexibility index (Phi) is 6.98. The first-order valence-electron chi connectivity index (χ1n) is 8.22. The lowest BCUT2D eigenvalue weighted by Gasteiger charge is -2.13. The summed E-state index contributed by atoms with van der Waals surface area (Å²) in [7, 11) is -2.22. The van der Waals surface area contributed by atoms with Crippen molar-refractivity contribution in [3.63, 3.8) is 0 Å². The van der Waals surface area contributed by atoms with Crippen molar-refractivity contribution in [3.8, 4) is 11.5 Å². The van der Waals surface area contributed by atoms with Gasteiger partial charge in [0.15, 0.2) is 11.5 Å². The highest BCUT2D eigenvalue weighted by Gasteiger charge is 2.16. The lowest BCUT2D eigenvalue weighted by atomic mass is 10.1. The van der Waals surface area contributed by atoms with E-state index in [4.69, 9.17) is 14.6 Å². The van der Waals surface area contributed by atoms with Crippen molar-refractivity contribution in [3.05, 3.63) is 53.6 Å². The maximum Gasteiger partial charge on any atom is 0.238 e. The molecule has 0 amide bonds. The first-order valence-corrected chi connectivity index (χ1v) is 9.76. The van der Waals surface area contributed by atoms with Crippen LogP contribution in [0.5, 0.6) is 11.5 Å². The number of para-hydroxylation sites is 2. The summed E-state index contributed by atoms with van der Waals surface area (Å²) in [5.41, 5.74) is 1.07. The number of methoxy groups -OCH3 is 1. The number of rotatable bonds is 9. The Morgan fingerprint density at radius 1 is 1.19 bits per heavy atom. The van der Waals surface area contributed by atoms with Gasteiger partial charge in [-0.3, -0.25) is 0 Å².